The molecule has 6 heteroatoms. The van der Waals surface area contributed by atoms with Gasteiger partial charge in [-0.25, -0.2) is 0 Å². The van der Waals surface area contributed by atoms with Crippen LogP contribution in [0.5, 0.6) is 5.75 Å². The SMILES string of the molecule is CCC(C1CN(c2cccc(Cl)c2)CCN1)N1CCN(Cc2ccccc2OC)CC1. The van der Waals surface area contributed by atoms with Crippen LogP contribution in [0.15, 0.2) is 48.5 Å². The van der Waals surface area contributed by atoms with E-state index in [1.807, 2.05) is 18.2 Å². The Kier molecular flexibility index (Phi) is 7.72. The number of methoxy groups -OCH3 is 1. The number of halogens is 1. The second kappa shape index (κ2) is 10.7. The normalized spacial score (nSPS) is 21.8. The fourth-order valence-electron chi connectivity index (χ4n) is 5.07. The minimum atomic E-state index is 0.471. The third-order valence-electron chi connectivity index (χ3n) is 6.72. The molecule has 2 saturated heterocycles. The first kappa shape index (κ1) is 22.4. The van der Waals surface area contributed by atoms with Crippen molar-refractivity contribution in [3.05, 3.63) is 59.1 Å². The van der Waals surface area contributed by atoms with Gasteiger partial charge in [-0.2, -0.15) is 0 Å². The molecular weight excluding hydrogens is 408 g/mol. The van der Waals surface area contributed by atoms with E-state index in [0.717, 1.165) is 69.6 Å². The maximum atomic E-state index is 6.24. The molecule has 2 aromatic rings. The molecule has 2 unspecified atom stereocenters. The van der Waals surface area contributed by atoms with Gasteiger partial charge in [-0.15, -0.1) is 0 Å². The summed E-state index contributed by atoms with van der Waals surface area (Å²) in [5.41, 5.74) is 2.51. The molecule has 31 heavy (non-hydrogen) atoms. The van der Waals surface area contributed by atoms with E-state index >= 15 is 0 Å². The third-order valence-corrected chi connectivity index (χ3v) is 6.96. The van der Waals surface area contributed by atoms with Crippen LogP contribution in [0.3, 0.4) is 0 Å². The van der Waals surface area contributed by atoms with E-state index in [1.165, 1.54) is 11.3 Å². The number of hydrogen-bond donors (Lipinski definition) is 1. The van der Waals surface area contributed by atoms with Crippen LogP contribution in [0.1, 0.15) is 18.9 Å². The summed E-state index contributed by atoms with van der Waals surface area (Å²) in [7, 11) is 1.76. The summed E-state index contributed by atoms with van der Waals surface area (Å²) in [4.78, 5) is 7.72. The van der Waals surface area contributed by atoms with Gasteiger partial charge in [-0.1, -0.05) is 42.8 Å². The minimum Gasteiger partial charge on any atom is -0.496 e. The lowest BCUT2D eigenvalue weighted by Gasteiger charge is -2.45. The monoisotopic (exact) mass is 442 g/mol. The van der Waals surface area contributed by atoms with Crippen LogP contribution in [0.4, 0.5) is 5.69 Å². The number of rotatable bonds is 7. The largest absolute Gasteiger partial charge is 0.496 e. The van der Waals surface area contributed by atoms with Crippen LogP contribution in [0, 0.1) is 0 Å². The molecule has 0 bridgehead atoms. The molecule has 2 atom stereocenters. The van der Waals surface area contributed by atoms with E-state index in [9.17, 15) is 0 Å². The first-order valence-electron chi connectivity index (χ1n) is 11.5. The summed E-state index contributed by atoms with van der Waals surface area (Å²) in [6.07, 6.45) is 1.16. The Morgan fingerprint density at radius 3 is 2.61 bits per heavy atom. The van der Waals surface area contributed by atoms with Gasteiger partial charge < -0.3 is 15.0 Å². The Morgan fingerprint density at radius 2 is 1.87 bits per heavy atom. The van der Waals surface area contributed by atoms with Gasteiger partial charge in [0.2, 0.25) is 0 Å². The molecule has 2 fully saturated rings. The predicted molar refractivity (Wildman–Crippen MR) is 129 cm³/mol. The predicted octanol–water partition coefficient (Wildman–Crippen LogP) is 3.72. The fraction of sp³-hybridized carbons (Fsp3) is 0.520. The zero-order valence-corrected chi connectivity index (χ0v) is 19.5. The van der Waals surface area contributed by atoms with Gasteiger partial charge in [-0.05, 0) is 30.7 Å². The second-order valence-corrected chi connectivity index (χ2v) is 9.02. The number of nitrogens with one attached hydrogen (secondary N) is 1. The van der Waals surface area contributed by atoms with E-state index in [-0.39, 0.29) is 0 Å². The van der Waals surface area contributed by atoms with Gasteiger partial charge in [0.15, 0.2) is 0 Å². The van der Waals surface area contributed by atoms with Crippen LogP contribution in [0.2, 0.25) is 5.02 Å². The van der Waals surface area contributed by atoms with Gasteiger partial charge >= 0.3 is 0 Å². The summed E-state index contributed by atoms with van der Waals surface area (Å²) < 4.78 is 5.54. The second-order valence-electron chi connectivity index (χ2n) is 8.59. The van der Waals surface area contributed by atoms with Crippen molar-refractivity contribution in [2.45, 2.75) is 32.0 Å². The molecule has 168 valence electrons. The number of anilines is 1. The molecular formula is C25H35ClN4O. The molecule has 5 nitrogen and oxygen atoms in total. The van der Waals surface area contributed by atoms with Crippen LogP contribution < -0.4 is 15.0 Å². The molecule has 0 radical (unpaired) electrons. The molecule has 4 rings (SSSR count). The molecule has 2 aliphatic heterocycles. The number of benzene rings is 2. The van der Waals surface area contributed by atoms with Gasteiger partial charge in [0.05, 0.1) is 7.11 Å². The highest BCUT2D eigenvalue weighted by Crippen LogP contribution is 2.24. The summed E-state index contributed by atoms with van der Waals surface area (Å²) in [5.74, 6) is 0.990. The van der Waals surface area contributed by atoms with Gasteiger partial charge in [0, 0.05) is 80.7 Å². The van der Waals surface area contributed by atoms with Crippen molar-refractivity contribution in [3.8, 4) is 5.75 Å². The molecule has 2 heterocycles. The van der Waals surface area contributed by atoms with Crippen molar-refractivity contribution in [2.75, 3.05) is 57.8 Å². The maximum Gasteiger partial charge on any atom is 0.123 e. The quantitative estimate of drug-likeness (QED) is 0.706. The topological polar surface area (TPSA) is 31.0 Å². The van der Waals surface area contributed by atoms with E-state index in [4.69, 9.17) is 16.3 Å². The first-order chi connectivity index (χ1) is 15.2. The highest BCUT2D eigenvalue weighted by atomic mass is 35.5. The number of para-hydroxylation sites is 1. The molecule has 1 N–H and O–H groups in total. The molecule has 0 aromatic heterocycles. The fourth-order valence-corrected chi connectivity index (χ4v) is 5.25. The zero-order valence-electron chi connectivity index (χ0n) is 18.8. The van der Waals surface area contributed by atoms with E-state index in [2.05, 4.69) is 57.3 Å². The standard InChI is InChI=1S/C25H35ClN4O/c1-3-24(23-19-30(12-11-27-23)22-9-6-8-21(26)17-22)29-15-13-28(14-16-29)18-20-7-4-5-10-25(20)31-2/h4-10,17,23-24,27H,3,11-16,18-19H2,1-2H3. The van der Waals surface area contributed by atoms with Crippen molar-refractivity contribution in [3.63, 3.8) is 0 Å². The minimum absolute atomic E-state index is 0.471. The van der Waals surface area contributed by atoms with Crippen molar-refractivity contribution in [2.24, 2.45) is 0 Å². The maximum absolute atomic E-state index is 6.24. The Hall–Kier alpha value is -1.79. The number of piperazine rings is 2. The molecule has 0 aliphatic carbocycles. The molecule has 0 spiro atoms. The zero-order chi connectivity index (χ0) is 21.6. The Morgan fingerprint density at radius 1 is 1.06 bits per heavy atom. The summed E-state index contributed by atoms with van der Waals surface area (Å²) >= 11 is 6.24. The Labute approximate surface area is 191 Å². The smallest absolute Gasteiger partial charge is 0.123 e. The van der Waals surface area contributed by atoms with Gasteiger partial charge in [0.25, 0.3) is 0 Å². The average Bonchev–Trinajstić information content (AvgIpc) is 2.81. The number of hydrogen-bond acceptors (Lipinski definition) is 5. The van der Waals surface area contributed by atoms with Crippen LogP contribution in [-0.4, -0.2) is 74.8 Å². The average molecular weight is 443 g/mol. The highest BCUT2D eigenvalue weighted by Gasteiger charge is 2.32. The molecule has 0 saturated carbocycles. The van der Waals surface area contributed by atoms with E-state index < -0.39 is 0 Å². The van der Waals surface area contributed by atoms with E-state index in [0.29, 0.717) is 12.1 Å². The van der Waals surface area contributed by atoms with Gasteiger partial charge in [-0.3, -0.25) is 9.80 Å². The summed E-state index contributed by atoms with van der Waals surface area (Å²) in [5, 5.41) is 4.61. The lowest BCUT2D eigenvalue weighted by molar-refractivity contribution is 0.0713. The van der Waals surface area contributed by atoms with Gasteiger partial charge in [0.1, 0.15) is 5.75 Å². The van der Waals surface area contributed by atoms with Crippen molar-refractivity contribution in [1.29, 1.82) is 0 Å². The molecule has 0 amide bonds. The van der Waals surface area contributed by atoms with Crippen molar-refractivity contribution < 1.29 is 4.74 Å². The molecule has 2 aliphatic rings. The molecule has 2 aromatic carbocycles. The summed E-state index contributed by atoms with van der Waals surface area (Å²) in [6.45, 7) is 10.8. The van der Waals surface area contributed by atoms with Crippen LogP contribution in [-0.2, 0) is 6.54 Å². The number of nitrogens with zero attached hydrogens (tertiary/aromatic N) is 3. The lowest BCUT2D eigenvalue weighted by Crippen LogP contribution is -2.62. The third kappa shape index (κ3) is 5.53. The van der Waals surface area contributed by atoms with Crippen molar-refractivity contribution >= 4 is 17.3 Å². The first-order valence-corrected chi connectivity index (χ1v) is 11.9. The highest BCUT2D eigenvalue weighted by molar-refractivity contribution is 6.30. The summed E-state index contributed by atoms with van der Waals surface area (Å²) in [6, 6.07) is 17.6. The van der Waals surface area contributed by atoms with Crippen molar-refractivity contribution in [1.82, 2.24) is 15.1 Å². The number of ether oxygens (including phenoxy) is 1. The Balaban J connectivity index is 1.34. The van der Waals surface area contributed by atoms with Crippen LogP contribution >= 0.6 is 11.6 Å². The van der Waals surface area contributed by atoms with E-state index in [1.54, 1.807) is 7.11 Å². The lowest BCUT2D eigenvalue weighted by atomic mass is 9.99. The van der Waals surface area contributed by atoms with Crippen LogP contribution in [0.25, 0.3) is 0 Å². The Bertz CT molecular complexity index is 840.